The predicted molar refractivity (Wildman–Crippen MR) is 77.8 cm³/mol. The van der Waals surface area contributed by atoms with E-state index >= 15 is 0 Å². The molecule has 19 heavy (non-hydrogen) atoms. The van der Waals surface area contributed by atoms with Crippen LogP contribution in [0.3, 0.4) is 0 Å². The second kappa shape index (κ2) is 6.62. The van der Waals surface area contributed by atoms with E-state index in [0.717, 1.165) is 30.8 Å². The molecular formula is C16H23NO2. The number of methoxy groups -OCH3 is 1. The van der Waals surface area contributed by atoms with Crippen molar-refractivity contribution in [3.63, 3.8) is 0 Å². The van der Waals surface area contributed by atoms with Gasteiger partial charge in [0, 0.05) is 6.04 Å². The zero-order valence-electron chi connectivity index (χ0n) is 11.8. The molecule has 2 rings (SSSR count). The molecule has 0 bridgehead atoms. The number of hydrogen-bond donors (Lipinski definition) is 1. The van der Waals surface area contributed by atoms with E-state index < -0.39 is 0 Å². The molecule has 1 aliphatic carbocycles. The van der Waals surface area contributed by atoms with Crippen molar-refractivity contribution >= 4 is 0 Å². The second-order valence-electron chi connectivity index (χ2n) is 5.18. The van der Waals surface area contributed by atoms with Crippen molar-refractivity contribution in [1.82, 2.24) is 0 Å². The van der Waals surface area contributed by atoms with Crippen LogP contribution < -0.4 is 15.2 Å². The lowest BCUT2D eigenvalue weighted by Crippen LogP contribution is -2.18. The van der Waals surface area contributed by atoms with Crippen LogP contribution in [0.2, 0.25) is 0 Å². The SMILES string of the molecule is COc1cc(CC(C)N)ccc1OC1C=CCCC1. The third kappa shape index (κ3) is 4.00. The first-order chi connectivity index (χ1) is 9.19. The van der Waals surface area contributed by atoms with Crippen molar-refractivity contribution in [2.75, 3.05) is 7.11 Å². The summed E-state index contributed by atoms with van der Waals surface area (Å²) < 4.78 is 11.4. The fourth-order valence-electron chi connectivity index (χ4n) is 2.35. The van der Waals surface area contributed by atoms with Crippen molar-refractivity contribution in [3.05, 3.63) is 35.9 Å². The Hall–Kier alpha value is -1.48. The van der Waals surface area contributed by atoms with Crippen LogP contribution in [0.1, 0.15) is 31.7 Å². The average Bonchev–Trinajstić information content (AvgIpc) is 2.41. The highest BCUT2D eigenvalue weighted by molar-refractivity contribution is 5.43. The number of ether oxygens (including phenoxy) is 2. The number of rotatable bonds is 5. The van der Waals surface area contributed by atoms with E-state index in [9.17, 15) is 0 Å². The molecule has 2 unspecified atom stereocenters. The van der Waals surface area contributed by atoms with E-state index in [4.69, 9.17) is 15.2 Å². The van der Waals surface area contributed by atoms with Crippen LogP contribution >= 0.6 is 0 Å². The molecule has 0 spiro atoms. The topological polar surface area (TPSA) is 44.5 Å². The zero-order chi connectivity index (χ0) is 13.7. The highest BCUT2D eigenvalue weighted by atomic mass is 16.5. The van der Waals surface area contributed by atoms with Gasteiger partial charge in [0.05, 0.1) is 7.11 Å². The monoisotopic (exact) mass is 261 g/mol. The molecule has 0 saturated heterocycles. The predicted octanol–water partition coefficient (Wildman–Crippen LogP) is 3.07. The maximum atomic E-state index is 5.99. The molecule has 0 heterocycles. The lowest BCUT2D eigenvalue weighted by atomic mass is 10.0. The smallest absolute Gasteiger partial charge is 0.162 e. The van der Waals surface area contributed by atoms with Crippen LogP contribution in [0.5, 0.6) is 11.5 Å². The van der Waals surface area contributed by atoms with E-state index in [-0.39, 0.29) is 12.1 Å². The van der Waals surface area contributed by atoms with Crippen molar-refractivity contribution in [3.8, 4) is 11.5 Å². The third-order valence-corrected chi connectivity index (χ3v) is 3.27. The Kier molecular flexibility index (Phi) is 4.86. The normalized spacial score (nSPS) is 20.1. The molecule has 3 heteroatoms. The van der Waals surface area contributed by atoms with Crippen molar-refractivity contribution < 1.29 is 9.47 Å². The quantitative estimate of drug-likeness (QED) is 0.828. The van der Waals surface area contributed by atoms with Crippen molar-refractivity contribution in [2.45, 2.75) is 44.8 Å². The van der Waals surface area contributed by atoms with Gasteiger partial charge in [0.1, 0.15) is 6.10 Å². The minimum Gasteiger partial charge on any atom is -0.493 e. The highest BCUT2D eigenvalue weighted by Crippen LogP contribution is 2.30. The van der Waals surface area contributed by atoms with Crippen molar-refractivity contribution in [1.29, 1.82) is 0 Å². The van der Waals surface area contributed by atoms with Crippen LogP contribution in [0.25, 0.3) is 0 Å². The van der Waals surface area contributed by atoms with E-state index in [1.165, 1.54) is 12.0 Å². The molecular weight excluding hydrogens is 238 g/mol. The Morgan fingerprint density at radius 1 is 1.37 bits per heavy atom. The molecule has 0 saturated carbocycles. The van der Waals surface area contributed by atoms with Gasteiger partial charge in [-0.25, -0.2) is 0 Å². The Morgan fingerprint density at radius 2 is 2.21 bits per heavy atom. The summed E-state index contributed by atoms with van der Waals surface area (Å²) in [6.45, 7) is 2.00. The molecule has 3 nitrogen and oxygen atoms in total. The molecule has 0 aliphatic heterocycles. The molecule has 2 atom stereocenters. The molecule has 1 aromatic rings. The molecule has 1 aromatic carbocycles. The summed E-state index contributed by atoms with van der Waals surface area (Å²) in [5.41, 5.74) is 7.00. The fraction of sp³-hybridized carbons (Fsp3) is 0.500. The summed E-state index contributed by atoms with van der Waals surface area (Å²) in [5.74, 6) is 1.60. The molecule has 0 fully saturated rings. The molecule has 0 radical (unpaired) electrons. The van der Waals surface area contributed by atoms with Gasteiger partial charge in [-0.2, -0.15) is 0 Å². The largest absolute Gasteiger partial charge is 0.493 e. The molecule has 1 aliphatic rings. The average molecular weight is 261 g/mol. The van der Waals surface area contributed by atoms with Gasteiger partial charge < -0.3 is 15.2 Å². The zero-order valence-corrected chi connectivity index (χ0v) is 11.8. The van der Waals surface area contributed by atoms with Crippen LogP contribution in [0, 0.1) is 0 Å². The first kappa shape index (κ1) is 13.9. The highest BCUT2D eigenvalue weighted by Gasteiger charge is 2.13. The summed E-state index contributed by atoms with van der Waals surface area (Å²) in [7, 11) is 1.68. The second-order valence-corrected chi connectivity index (χ2v) is 5.18. The molecule has 104 valence electrons. The van der Waals surface area contributed by atoms with E-state index in [1.54, 1.807) is 7.11 Å². The van der Waals surface area contributed by atoms with Gasteiger partial charge in [-0.05, 0) is 56.4 Å². The Balaban J connectivity index is 2.11. The van der Waals surface area contributed by atoms with Gasteiger partial charge in [0.15, 0.2) is 11.5 Å². The van der Waals surface area contributed by atoms with Crippen LogP contribution in [-0.2, 0) is 6.42 Å². The van der Waals surface area contributed by atoms with Crippen LogP contribution in [0.15, 0.2) is 30.4 Å². The number of benzene rings is 1. The van der Waals surface area contributed by atoms with E-state index in [0.29, 0.717) is 0 Å². The maximum Gasteiger partial charge on any atom is 0.162 e. The number of nitrogens with two attached hydrogens (primary N) is 1. The minimum atomic E-state index is 0.151. The summed E-state index contributed by atoms with van der Waals surface area (Å²) >= 11 is 0. The standard InChI is InChI=1S/C16H23NO2/c1-12(17)10-13-8-9-15(16(11-13)18-2)19-14-6-4-3-5-7-14/h4,6,8-9,11-12,14H,3,5,7,10,17H2,1-2H3. The van der Waals surface area contributed by atoms with Gasteiger partial charge >= 0.3 is 0 Å². The fourth-order valence-corrected chi connectivity index (χ4v) is 2.35. The van der Waals surface area contributed by atoms with E-state index in [2.05, 4.69) is 18.2 Å². The summed E-state index contributed by atoms with van der Waals surface area (Å²) in [6, 6.07) is 6.22. The number of hydrogen-bond acceptors (Lipinski definition) is 3. The van der Waals surface area contributed by atoms with E-state index in [1.807, 2.05) is 19.1 Å². The lowest BCUT2D eigenvalue weighted by molar-refractivity contribution is 0.219. The van der Waals surface area contributed by atoms with Gasteiger partial charge in [-0.1, -0.05) is 12.1 Å². The Morgan fingerprint density at radius 3 is 2.84 bits per heavy atom. The van der Waals surface area contributed by atoms with Crippen molar-refractivity contribution in [2.24, 2.45) is 5.73 Å². The van der Waals surface area contributed by atoms with Crippen LogP contribution in [0.4, 0.5) is 0 Å². The van der Waals surface area contributed by atoms with Gasteiger partial charge in [-0.15, -0.1) is 0 Å². The first-order valence-electron chi connectivity index (χ1n) is 6.95. The lowest BCUT2D eigenvalue weighted by Gasteiger charge is -2.20. The molecule has 0 amide bonds. The summed E-state index contributed by atoms with van der Waals surface area (Å²) in [4.78, 5) is 0. The third-order valence-electron chi connectivity index (χ3n) is 3.27. The molecule has 2 N–H and O–H groups in total. The minimum absolute atomic E-state index is 0.151. The Labute approximate surface area is 115 Å². The summed E-state index contributed by atoms with van der Waals surface area (Å²) in [6.07, 6.45) is 8.75. The van der Waals surface area contributed by atoms with Gasteiger partial charge in [0.25, 0.3) is 0 Å². The number of allylic oxidation sites excluding steroid dienone is 1. The van der Waals surface area contributed by atoms with Gasteiger partial charge in [-0.3, -0.25) is 0 Å². The van der Waals surface area contributed by atoms with Crippen LogP contribution in [-0.4, -0.2) is 19.3 Å². The van der Waals surface area contributed by atoms with Gasteiger partial charge in [0.2, 0.25) is 0 Å². The summed E-state index contributed by atoms with van der Waals surface area (Å²) in [5, 5.41) is 0. The molecule has 0 aromatic heterocycles. The Bertz CT molecular complexity index is 440. The maximum absolute atomic E-state index is 5.99. The first-order valence-corrected chi connectivity index (χ1v) is 6.95.